The largest absolute Gasteiger partial charge is 0.489 e. The number of ether oxygens (including phenoxy) is 2. The second-order valence-electron chi connectivity index (χ2n) is 6.53. The monoisotopic (exact) mass is 390 g/mol. The van der Waals surface area contributed by atoms with Crippen LogP contribution in [0.25, 0.3) is 0 Å². The number of carbonyl (C=O) groups is 1. The van der Waals surface area contributed by atoms with Crippen molar-refractivity contribution in [3.63, 3.8) is 0 Å². The molecule has 3 rings (SSSR count). The van der Waals surface area contributed by atoms with E-state index in [9.17, 15) is 4.79 Å². The number of hydrogen-bond donors (Lipinski definition) is 1. The maximum Gasteiger partial charge on any atom is 0.253 e. The van der Waals surface area contributed by atoms with E-state index in [-0.39, 0.29) is 24.4 Å². The van der Waals surface area contributed by atoms with Crippen molar-refractivity contribution in [2.24, 2.45) is 5.73 Å². The predicted molar refractivity (Wildman–Crippen MR) is 108 cm³/mol. The first kappa shape index (κ1) is 21.2. The van der Waals surface area contributed by atoms with Crippen molar-refractivity contribution >= 4 is 18.3 Å². The molecule has 0 bridgehead atoms. The van der Waals surface area contributed by atoms with Gasteiger partial charge < -0.3 is 20.1 Å². The lowest BCUT2D eigenvalue weighted by atomic mass is 10.0. The maximum atomic E-state index is 12.8. The number of halogens is 1. The molecule has 0 spiro atoms. The molecule has 2 aromatic carbocycles. The Labute approximate surface area is 166 Å². The quantitative estimate of drug-likeness (QED) is 0.821. The van der Waals surface area contributed by atoms with Gasteiger partial charge in [-0.15, -0.1) is 12.4 Å². The van der Waals surface area contributed by atoms with E-state index in [2.05, 4.69) is 0 Å². The first-order chi connectivity index (χ1) is 12.7. The van der Waals surface area contributed by atoms with Crippen LogP contribution >= 0.6 is 12.4 Å². The summed E-state index contributed by atoms with van der Waals surface area (Å²) in [5.41, 5.74) is 8.48. The highest BCUT2D eigenvalue weighted by Crippen LogP contribution is 2.23. The minimum absolute atomic E-state index is 0. The molecule has 0 aromatic heterocycles. The number of benzene rings is 2. The van der Waals surface area contributed by atoms with E-state index in [1.807, 2.05) is 53.4 Å². The summed E-state index contributed by atoms with van der Waals surface area (Å²) >= 11 is 0. The number of hydrogen-bond acceptors (Lipinski definition) is 4. The van der Waals surface area contributed by atoms with E-state index in [1.54, 1.807) is 7.11 Å². The molecule has 1 aliphatic heterocycles. The summed E-state index contributed by atoms with van der Waals surface area (Å²) in [7, 11) is 1.73. The molecule has 2 N–H and O–H groups in total. The highest BCUT2D eigenvalue weighted by atomic mass is 35.5. The fraction of sp³-hybridized carbons (Fsp3) is 0.381. The Hall–Kier alpha value is -2.08. The topological polar surface area (TPSA) is 64.8 Å². The lowest BCUT2D eigenvalue weighted by Crippen LogP contribution is -2.40. The van der Waals surface area contributed by atoms with Crippen molar-refractivity contribution in [2.45, 2.75) is 32.1 Å². The normalized spacial score (nSPS) is 14.5. The van der Waals surface area contributed by atoms with Crippen molar-refractivity contribution in [1.29, 1.82) is 0 Å². The molecule has 27 heavy (non-hydrogen) atoms. The maximum absolute atomic E-state index is 12.8. The molecule has 1 fully saturated rings. The third-order valence-electron chi connectivity index (χ3n) is 4.83. The van der Waals surface area contributed by atoms with Crippen LogP contribution in [-0.2, 0) is 17.9 Å². The number of likely N-dealkylation sites (tertiary alicyclic amines) is 1. The summed E-state index contributed by atoms with van der Waals surface area (Å²) in [4.78, 5) is 14.6. The highest BCUT2D eigenvalue weighted by molar-refractivity contribution is 5.94. The fourth-order valence-electron chi connectivity index (χ4n) is 3.23. The molecule has 1 amide bonds. The molecule has 0 atom stereocenters. The van der Waals surface area contributed by atoms with E-state index in [0.717, 1.165) is 42.8 Å². The van der Waals surface area contributed by atoms with Gasteiger partial charge in [0.1, 0.15) is 12.4 Å². The van der Waals surface area contributed by atoms with E-state index in [4.69, 9.17) is 15.2 Å². The van der Waals surface area contributed by atoms with Gasteiger partial charge in [0.15, 0.2) is 0 Å². The van der Waals surface area contributed by atoms with Crippen LogP contribution in [0, 0.1) is 0 Å². The van der Waals surface area contributed by atoms with Crippen molar-refractivity contribution in [2.75, 3.05) is 20.2 Å². The van der Waals surface area contributed by atoms with Crippen LogP contribution in [-0.4, -0.2) is 37.1 Å². The van der Waals surface area contributed by atoms with Gasteiger partial charge in [-0.25, -0.2) is 0 Å². The van der Waals surface area contributed by atoms with Gasteiger partial charge in [0.25, 0.3) is 5.91 Å². The van der Waals surface area contributed by atoms with Crippen molar-refractivity contribution in [3.8, 4) is 5.75 Å². The molecule has 0 radical (unpaired) electrons. The Kier molecular flexibility index (Phi) is 8.10. The van der Waals surface area contributed by atoms with Gasteiger partial charge in [0, 0.05) is 37.9 Å². The van der Waals surface area contributed by atoms with Gasteiger partial charge in [-0.05, 0) is 36.6 Å². The zero-order valence-electron chi connectivity index (χ0n) is 15.6. The van der Waals surface area contributed by atoms with Crippen LogP contribution in [0.4, 0.5) is 0 Å². The zero-order chi connectivity index (χ0) is 18.4. The van der Waals surface area contributed by atoms with E-state index >= 15 is 0 Å². The average Bonchev–Trinajstić information content (AvgIpc) is 2.72. The minimum atomic E-state index is 0. The predicted octanol–water partition coefficient (Wildman–Crippen LogP) is 3.40. The van der Waals surface area contributed by atoms with E-state index in [1.165, 1.54) is 0 Å². The molecule has 6 heteroatoms. The number of carbonyl (C=O) groups excluding carboxylic acids is 1. The number of rotatable bonds is 6. The third-order valence-corrected chi connectivity index (χ3v) is 4.83. The van der Waals surface area contributed by atoms with Crippen molar-refractivity contribution < 1.29 is 14.3 Å². The molecule has 1 heterocycles. The molecule has 0 aliphatic carbocycles. The molecular formula is C21H27ClN2O3. The van der Waals surface area contributed by atoms with Crippen molar-refractivity contribution in [1.82, 2.24) is 4.90 Å². The highest BCUT2D eigenvalue weighted by Gasteiger charge is 2.23. The van der Waals surface area contributed by atoms with E-state index < -0.39 is 0 Å². The molecule has 2 aromatic rings. The number of piperidine rings is 1. The number of methoxy groups -OCH3 is 1. The van der Waals surface area contributed by atoms with E-state index in [0.29, 0.717) is 18.7 Å². The second kappa shape index (κ2) is 10.3. The fourth-order valence-corrected chi connectivity index (χ4v) is 3.23. The third kappa shape index (κ3) is 5.45. The Balaban J connectivity index is 0.00000261. The summed E-state index contributed by atoms with van der Waals surface area (Å²) < 4.78 is 11.3. The van der Waals surface area contributed by atoms with Crippen LogP contribution in [0.15, 0.2) is 48.5 Å². The molecule has 0 saturated carbocycles. The standard InChI is InChI=1S/C21H26N2O3.ClH/c1-25-19-9-11-23(12-10-19)21(24)17-7-8-20(18(13-17)14-22)26-15-16-5-3-2-4-6-16;/h2-8,13,19H,9-12,14-15,22H2,1H3;1H. The molecule has 146 valence electrons. The summed E-state index contributed by atoms with van der Waals surface area (Å²) in [6.07, 6.45) is 2.02. The lowest BCUT2D eigenvalue weighted by molar-refractivity contribution is 0.0350. The van der Waals surface area contributed by atoms with Gasteiger partial charge in [0.2, 0.25) is 0 Å². The Morgan fingerprint density at radius 2 is 1.85 bits per heavy atom. The molecule has 1 aliphatic rings. The first-order valence-corrected chi connectivity index (χ1v) is 9.03. The average molecular weight is 391 g/mol. The van der Waals surface area contributed by atoms with Gasteiger partial charge in [-0.2, -0.15) is 0 Å². The van der Waals surface area contributed by atoms with Crippen LogP contribution in [0.5, 0.6) is 5.75 Å². The van der Waals surface area contributed by atoms with Crippen LogP contribution < -0.4 is 10.5 Å². The summed E-state index contributed by atoms with van der Waals surface area (Å²) in [6.45, 7) is 2.26. The number of amides is 1. The van der Waals surface area contributed by atoms with Gasteiger partial charge >= 0.3 is 0 Å². The summed E-state index contributed by atoms with van der Waals surface area (Å²) in [5.74, 6) is 0.773. The smallest absolute Gasteiger partial charge is 0.253 e. The first-order valence-electron chi connectivity index (χ1n) is 9.03. The molecule has 0 unspecified atom stereocenters. The van der Waals surface area contributed by atoms with Gasteiger partial charge in [-0.3, -0.25) is 4.79 Å². The van der Waals surface area contributed by atoms with Crippen LogP contribution in [0.2, 0.25) is 0 Å². The Bertz CT molecular complexity index is 731. The second-order valence-corrected chi connectivity index (χ2v) is 6.53. The minimum Gasteiger partial charge on any atom is -0.489 e. The Morgan fingerprint density at radius 1 is 1.15 bits per heavy atom. The summed E-state index contributed by atoms with van der Waals surface area (Å²) in [6, 6.07) is 15.5. The molecule has 1 saturated heterocycles. The van der Waals surface area contributed by atoms with Crippen LogP contribution in [0.3, 0.4) is 0 Å². The van der Waals surface area contributed by atoms with Crippen molar-refractivity contribution in [3.05, 3.63) is 65.2 Å². The zero-order valence-corrected chi connectivity index (χ0v) is 16.4. The SMILES string of the molecule is COC1CCN(C(=O)c2ccc(OCc3ccccc3)c(CN)c2)CC1.Cl. The molecule has 5 nitrogen and oxygen atoms in total. The number of nitrogens with zero attached hydrogens (tertiary/aromatic N) is 1. The van der Waals surface area contributed by atoms with Crippen LogP contribution in [0.1, 0.15) is 34.3 Å². The molecular weight excluding hydrogens is 364 g/mol. The number of nitrogens with two attached hydrogens (primary N) is 1. The Morgan fingerprint density at radius 3 is 2.48 bits per heavy atom. The lowest BCUT2D eigenvalue weighted by Gasteiger charge is -2.31. The summed E-state index contributed by atoms with van der Waals surface area (Å²) in [5, 5.41) is 0. The van der Waals surface area contributed by atoms with Gasteiger partial charge in [0.05, 0.1) is 6.10 Å². The van der Waals surface area contributed by atoms with Gasteiger partial charge in [-0.1, -0.05) is 30.3 Å².